The van der Waals surface area contributed by atoms with Crippen molar-refractivity contribution in [3.05, 3.63) is 46.7 Å². The summed E-state index contributed by atoms with van der Waals surface area (Å²) in [5.41, 5.74) is 0.576. The zero-order chi connectivity index (χ0) is 12.7. The molecule has 2 heterocycles. The van der Waals surface area contributed by atoms with Gasteiger partial charge in [-0.25, -0.2) is 8.91 Å². The molecule has 4 nitrogen and oxygen atoms in total. The van der Waals surface area contributed by atoms with Gasteiger partial charge in [0.25, 0.3) is 5.78 Å². The minimum atomic E-state index is -0.467. The van der Waals surface area contributed by atoms with E-state index in [4.69, 9.17) is 23.2 Å². The lowest BCUT2D eigenvalue weighted by Gasteiger charge is -2.07. The van der Waals surface area contributed by atoms with Crippen LogP contribution in [0.1, 0.15) is 0 Å². The van der Waals surface area contributed by atoms with E-state index < -0.39 is 5.82 Å². The van der Waals surface area contributed by atoms with E-state index in [1.165, 1.54) is 23.0 Å². The third kappa shape index (κ3) is 1.72. The van der Waals surface area contributed by atoms with Crippen LogP contribution in [0.25, 0.3) is 16.9 Å². The van der Waals surface area contributed by atoms with Crippen molar-refractivity contribution in [3.63, 3.8) is 0 Å². The highest BCUT2D eigenvalue weighted by molar-refractivity contribution is 6.35. The van der Waals surface area contributed by atoms with Gasteiger partial charge in [0.15, 0.2) is 0 Å². The minimum Gasteiger partial charge on any atom is -0.206 e. The first-order valence-corrected chi connectivity index (χ1v) is 5.72. The van der Waals surface area contributed by atoms with E-state index in [-0.39, 0.29) is 15.7 Å². The van der Waals surface area contributed by atoms with Gasteiger partial charge < -0.3 is 0 Å². The Hall–Kier alpha value is -1.72. The molecule has 2 aromatic heterocycles. The molecule has 0 saturated carbocycles. The van der Waals surface area contributed by atoms with Crippen LogP contribution in [-0.4, -0.2) is 19.6 Å². The van der Waals surface area contributed by atoms with Crippen molar-refractivity contribution >= 4 is 29.0 Å². The largest absolute Gasteiger partial charge is 0.253 e. The molecule has 90 valence electrons. The van der Waals surface area contributed by atoms with Gasteiger partial charge in [-0.1, -0.05) is 29.3 Å². The second kappa shape index (κ2) is 4.19. The molecule has 0 bridgehead atoms. The van der Waals surface area contributed by atoms with E-state index in [9.17, 15) is 4.39 Å². The molecule has 0 unspecified atom stereocenters. The molecule has 0 N–H and O–H groups in total. The van der Waals surface area contributed by atoms with Crippen molar-refractivity contribution in [1.29, 1.82) is 0 Å². The molecular weight excluding hydrogens is 278 g/mol. The fourth-order valence-corrected chi connectivity index (χ4v) is 2.15. The number of rotatable bonds is 1. The summed E-state index contributed by atoms with van der Waals surface area (Å²) in [5.74, 6) is -0.123. The lowest BCUT2D eigenvalue weighted by Crippen LogP contribution is -1.96. The predicted octanol–water partition coefficient (Wildman–Crippen LogP) is 3.24. The van der Waals surface area contributed by atoms with Crippen molar-refractivity contribution < 1.29 is 4.39 Å². The number of hydrogen-bond donors (Lipinski definition) is 0. The SMILES string of the molecule is Fc1cccc(Cl)c1-c1cn2ncnc2nc1Cl. The summed E-state index contributed by atoms with van der Waals surface area (Å²) >= 11 is 12.0. The molecular formula is C11H5Cl2FN4. The Bertz CT molecular complexity index is 721. The average Bonchev–Trinajstić information content (AvgIpc) is 2.76. The quantitative estimate of drug-likeness (QED) is 0.644. The average molecular weight is 283 g/mol. The number of hydrogen-bond acceptors (Lipinski definition) is 3. The first-order chi connectivity index (χ1) is 8.66. The van der Waals surface area contributed by atoms with E-state index in [2.05, 4.69) is 15.1 Å². The summed E-state index contributed by atoms with van der Waals surface area (Å²) in [7, 11) is 0. The van der Waals surface area contributed by atoms with Gasteiger partial charge in [-0.15, -0.1) is 0 Å². The summed E-state index contributed by atoms with van der Waals surface area (Å²) in [6.45, 7) is 0. The third-order valence-corrected chi connectivity index (χ3v) is 3.06. The van der Waals surface area contributed by atoms with E-state index >= 15 is 0 Å². The summed E-state index contributed by atoms with van der Waals surface area (Å²) in [4.78, 5) is 7.91. The summed E-state index contributed by atoms with van der Waals surface area (Å²) in [6.07, 6.45) is 2.88. The van der Waals surface area contributed by atoms with Crippen LogP contribution in [0.4, 0.5) is 4.39 Å². The molecule has 3 aromatic rings. The Morgan fingerprint density at radius 3 is 2.83 bits per heavy atom. The maximum Gasteiger partial charge on any atom is 0.253 e. The topological polar surface area (TPSA) is 43.1 Å². The molecule has 1 aromatic carbocycles. The predicted molar refractivity (Wildman–Crippen MR) is 66.2 cm³/mol. The summed E-state index contributed by atoms with van der Waals surface area (Å²) in [6, 6.07) is 4.42. The van der Waals surface area contributed by atoms with Crippen LogP contribution in [0.3, 0.4) is 0 Å². The second-order valence-electron chi connectivity index (χ2n) is 3.55. The van der Waals surface area contributed by atoms with Crippen molar-refractivity contribution in [2.45, 2.75) is 0 Å². The normalized spacial score (nSPS) is 11.1. The van der Waals surface area contributed by atoms with Crippen molar-refractivity contribution in [2.75, 3.05) is 0 Å². The van der Waals surface area contributed by atoms with Gasteiger partial charge in [0.2, 0.25) is 0 Å². The highest BCUT2D eigenvalue weighted by atomic mass is 35.5. The van der Waals surface area contributed by atoms with Crippen molar-refractivity contribution in [2.24, 2.45) is 0 Å². The van der Waals surface area contributed by atoms with Gasteiger partial charge in [0.1, 0.15) is 17.3 Å². The van der Waals surface area contributed by atoms with Gasteiger partial charge >= 0.3 is 0 Å². The maximum atomic E-state index is 13.8. The number of aromatic nitrogens is 4. The lowest BCUT2D eigenvalue weighted by molar-refractivity contribution is 0.631. The first-order valence-electron chi connectivity index (χ1n) is 4.97. The lowest BCUT2D eigenvalue weighted by atomic mass is 10.1. The Balaban J connectivity index is 2.34. The van der Waals surface area contributed by atoms with Crippen molar-refractivity contribution in [1.82, 2.24) is 19.6 Å². The minimum absolute atomic E-state index is 0.127. The molecule has 7 heteroatoms. The van der Waals surface area contributed by atoms with Crippen LogP contribution in [0.5, 0.6) is 0 Å². The van der Waals surface area contributed by atoms with Gasteiger partial charge in [-0.2, -0.15) is 15.1 Å². The van der Waals surface area contributed by atoms with Crippen LogP contribution in [0.15, 0.2) is 30.7 Å². The number of halogens is 3. The molecule has 0 aliphatic rings. The van der Waals surface area contributed by atoms with Crippen LogP contribution >= 0.6 is 23.2 Å². The smallest absolute Gasteiger partial charge is 0.206 e. The van der Waals surface area contributed by atoms with Crippen molar-refractivity contribution in [3.8, 4) is 11.1 Å². The number of benzene rings is 1. The van der Waals surface area contributed by atoms with Gasteiger partial charge in [-0.05, 0) is 12.1 Å². The fraction of sp³-hybridized carbons (Fsp3) is 0. The van der Waals surface area contributed by atoms with Crippen LogP contribution in [0, 0.1) is 5.82 Å². The molecule has 0 fully saturated rings. The monoisotopic (exact) mass is 282 g/mol. The summed E-state index contributed by atoms with van der Waals surface area (Å²) < 4.78 is 15.2. The molecule has 0 spiro atoms. The first kappa shape index (κ1) is 11.4. The van der Waals surface area contributed by atoms with Gasteiger partial charge in [0, 0.05) is 17.3 Å². The highest BCUT2D eigenvalue weighted by Gasteiger charge is 2.15. The highest BCUT2D eigenvalue weighted by Crippen LogP contribution is 2.34. The molecule has 0 saturated heterocycles. The van der Waals surface area contributed by atoms with E-state index in [1.54, 1.807) is 12.3 Å². The van der Waals surface area contributed by atoms with E-state index in [0.717, 1.165) is 0 Å². The molecule has 0 radical (unpaired) electrons. The van der Waals surface area contributed by atoms with Crippen LogP contribution in [-0.2, 0) is 0 Å². The van der Waals surface area contributed by atoms with Gasteiger partial charge in [-0.3, -0.25) is 0 Å². The summed E-state index contributed by atoms with van der Waals surface area (Å²) in [5, 5.41) is 4.31. The van der Waals surface area contributed by atoms with E-state index in [0.29, 0.717) is 11.3 Å². The number of nitrogens with zero attached hydrogens (tertiary/aromatic N) is 4. The molecule has 18 heavy (non-hydrogen) atoms. The van der Waals surface area contributed by atoms with Crippen LogP contribution in [0.2, 0.25) is 10.2 Å². The third-order valence-electron chi connectivity index (χ3n) is 2.46. The molecule has 0 amide bonds. The Morgan fingerprint density at radius 2 is 2.06 bits per heavy atom. The molecule has 0 aliphatic heterocycles. The zero-order valence-corrected chi connectivity index (χ0v) is 10.3. The molecule has 3 rings (SSSR count). The van der Waals surface area contributed by atoms with Crippen LogP contribution < -0.4 is 0 Å². The Kier molecular flexibility index (Phi) is 2.65. The Morgan fingerprint density at radius 1 is 1.22 bits per heavy atom. The Labute approximate surface area is 111 Å². The molecule has 0 atom stereocenters. The second-order valence-corrected chi connectivity index (χ2v) is 4.31. The molecule has 0 aliphatic carbocycles. The van der Waals surface area contributed by atoms with E-state index in [1.807, 2.05) is 0 Å². The number of fused-ring (bicyclic) bond motifs is 1. The maximum absolute atomic E-state index is 13.8. The standard InChI is InChI=1S/C11H5Cl2FN4/c12-7-2-1-3-8(14)9(7)6-4-18-11(15-5-16-18)17-10(6)13/h1-5H. The zero-order valence-electron chi connectivity index (χ0n) is 8.81. The van der Waals surface area contributed by atoms with Gasteiger partial charge in [0.05, 0.1) is 5.02 Å². The fourth-order valence-electron chi connectivity index (χ4n) is 1.66.